The average Bonchev–Trinajstić information content (AvgIpc) is 2.73. The van der Waals surface area contributed by atoms with Crippen LogP contribution in [0.15, 0.2) is 0 Å². The Morgan fingerprint density at radius 3 is 2.54 bits per heavy atom. The summed E-state index contributed by atoms with van der Waals surface area (Å²) >= 11 is 1.43. The lowest BCUT2D eigenvalue weighted by molar-refractivity contribution is -0.161. The van der Waals surface area contributed by atoms with Gasteiger partial charge in [-0.15, -0.1) is 11.8 Å². The summed E-state index contributed by atoms with van der Waals surface area (Å²) in [6.45, 7) is 3.63. The number of carbonyl (C=O) groups is 3. The number of nitrogens with one attached hydrogen (secondary N) is 1. The van der Waals surface area contributed by atoms with Gasteiger partial charge in [-0.3, -0.25) is 9.59 Å². The molecule has 1 saturated carbocycles. The fourth-order valence-corrected chi connectivity index (χ4v) is 5.75. The number of carboxylic acids is 1. The molecule has 0 spiro atoms. The Labute approximate surface area is 145 Å². The van der Waals surface area contributed by atoms with Gasteiger partial charge >= 0.3 is 5.97 Å². The number of carboxylic acid groups (broad SMARTS) is 1. The molecular formula is C16H25N3O4S. The van der Waals surface area contributed by atoms with Crippen LogP contribution < -0.4 is 11.1 Å². The van der Waals surface area contributed by atoms with Crippen molar-refractivity contribution in [1.82, 2.24) is 10.2 Å². The van der Waals surface area contributed by atoms with Crippen LogP contribution in [0.1, 0.15) is 52.4 Å². The Morgan fingerprint density at radius 1 is 1.33 bits per heavy atom. The fraction of sp³-hybridized carbons (Fsp3) is 0.812. The van der Waals surface area contributed by atoms with Crippen LogP contribution >= 0.6 is 11.8 Å². The Bertz CT molecular complexity index is 574. The quantitative estimate of drug-likeness (QED) is 0.639. The van der Waals surface area contributed by atoms with E-state index in [1.54, 1.807) is 0 Å². The van der Waals surface area contributed by atoms with Gasteiger partial charge in [-0.25, -0.2) is 4.79 Å². The Kier molecular flexibility index (Phi) is 4.32. The van der Waals surface area contributed by atoms with Crippen molar-refractivity contribution in [3.8, 4) is 0 Å². The molecule has 2 heterocycles. The number of hydrogen-bond donors (Lipinski definition) is 3. The number of rotatable bonds is 4. The first kappa shape index (κ1) is 17.5. The number of β-lactam (4-membered cyclic amide) rings is 1. The fourth-order valence-electron chi connectivity index (χ4n) is 4.12. The first-order chi connectivity index (χ1) is 11.1. The van der Waals surface area contributed by atoms with Crippen LogP contribution in [-0.2, 0) is 14.4 Å². The van der Waals surface area contributed by atoms with Gasteiger partial charge in [-0.2, -0.15) is 0 Å². The van der Waals surface area contributed by atoms with Gasteiger partial charge < -0.3 is 21.1 Å². The van der Waals surface area contributed by atoms with Crippen LogP contribution in [0.4, 0.5) is 0 Å². The Morgan fingerprint density at radius 2 is 1.96 bits per heavy atom. The number of amides is 2. The van der Waals surface area contributed by atoms with E-state index in [1.165, 1.54) is 16.7 Å². The van der Waals surface area contributed by atoms with E-state index in [9.17, 15) is 19.5 Å². The SMILES string of the molecule is CC1(C)S[C@@H]2[C@H](NC(=O)CC3(N)CCCCC3)C(=O)N2[C@H]1C(=O)O. The van der Waals surface area contributed by atoms with E-state index in [0.717, 1.165) is 32.1 Å². The molecule has 0 aromatic carbocycles. The van der Waals surface area contributed by atoms with Crippen LogP contribution in [0.3, 0.4) is 0 Å². The van der Waals surface area contributed by atoms with Gasteiger partial charge in [-0.1, -0.05) is 19.3 Å². The molecule has 24 heavy (non-hydrogen) atoms. The molecule has 0 bridgehead atoms. The molecule has 0 radical (unpaired) electrons. The largest absolute Gasteiger partial charge is 0.480 e. The van der Waals surface area contributed by atoms with E-state index in [2.05, 4.69) is 5.32 Å². The van der Waals surface area contributed by atoms with Crippen molar-refractivity contribution in [1.29, 1.82) is 0 Å². The number of thioether (sulfide) groups is 1. The predicted octanol–water partition coefficient (Wildman–Crippen LogP) is 0.670. The smallest absolute Gasteiger partial charge is 0.327 e. The van der Waals surface area contributed by atoms with Crippen LogP contribution in [0, 0.1) is 0 Å². The molecule has 0 unspecified atom stereocenters. The second-order valence-corrected chi connectivity index (χ2v) is 9.51. The van der Waals surface area contributed by atoms with Crippen molar-refractivity contribution in [3.63, 3.8) is 0 Å². The monoisotopic (exact) mass is 355 g/mol. The van der Waals surface area contributed by atoms with Crippen LogP contribution in [0.25, 0.3) is 0 Å². The zero-order chi connectivity index (χ0) is 17.7. The maximum absolute atomic E-state index is 12.4. The third-order valence-electron chi connectivity index (χ3n) is 5.35. The van der Waals surface area contributed by atoms with Gasteiger partial charge in [0.25, 0.3) is 0 Å². The minimum atomic E-state index is -1.00. The maximum Gasteiger partial charge on any atom is 0.327 e. The van der Waals surface area contributed by atoms with Crippen molar-refractivity contribution < 1.29 is 19.5 Å². The van der Waals surface area contributed by atoms with Crippen LogP contribution in [0.5, 0.6) is 0 Å². The van der Waals surface area contributed by atoms with Crippen LogP contribution in [-0.4, -0.2) is 55.5 Å². The summed E-state index contributed by atoms with van der Waals surface area (Å²) < 4.78 is -0.579. The van der Waals surface area contributed by atoms with Gasteiger partial charge in [-0.05, 0) is 26.7 Å². The predicted molar refractivity (Wildman–Crippen MR) is 90.3 cm³/mol. The molecule has 3 atom stereocenters. The number of fused-ring (bicyclic) bond motifs is 1. The normalized spacial score (nSPS) is 33.5. The first-order valence-electron chi connectivity index (χ1n) is 8.46. The standard InChI is InChI=1S/C16H25N3O4S/c1-15(2)11(14(22)23)19-12(21)10(13(19)24-15)18-9(20)8-16(17)6-4-3-5-7-16/h10-11,13H,3-8,17H2,1-2H3,(H,18,20)(H,22,23)/t10-,11+,13-/m1/s1. The minimum Gasteiger partial charge on any atom is -0.480 e. The average molecular weight is 355 g/mol. The number of nitrogens with zero attached hydrogens (tertiary/aromatic N) is 1. The van der Waals surface area contributed by atoms with Crippen molar-refractivity contribution in [2.75, 3.05) is 0 Å². The third-order valence-corrected chi connectivity index (χ3v) is 6.92. The molecule has 134 valence electrons. The minimum absolute atomic E-state index is 0.213. The molecule has 0 aromatic rings. The molecule has 2 saturated heterocycles. The van der Waals surface area contributed by atoms with Gasteiger partial charge in [0.15, 0.2) is 0 Å². The number of hydrogen-bond acceptors (Lipinski definition) is 5. The zero-order valence-electron chi connectivity index (χ0n) is 14.1. The summed E-state index contributed by atoms with van der Waals surface area (Å²) in [6.07, 6.45) is 5.11. The molecule has 8 heteroatoms. The third kappa shape index (κ3) is 2.90. The molecule has 3 rings (SSSR count). The highest BCUT2D eigenvalue weighted by atomic mass is 32.2. The Balaban J connectivity index is 1.62. The number of carbonyl (C=O) groups excluding carboxylic acids is 2. The van der Waals surface area contributed by atoms with Crippen molar-refractivity contribution in [3.05, 3.63) is 0 Å². The van der Waals surface area contributed by atoms with E-state index in [-0.39, 0.29) is 23.6 Å². The molecular weight excluding hydrogens is 330 g/mol. The molecule has 7 nitrogen and oxygen atoms in total. The summed E-state index contributed by atoms with van der Waals surface area (Å²) in [5.41, 5.74) is 5.83. The van der Waals surface area contributed by atoms with E-state index in [4.69, 9.17) is 5.73 Å². The van der Waals surface area contributed by atoms with Crippen molar-refractivity contribution in [2.24, 2.45) is 5.73 Å². The summed E-state index contributed by atoms with van der Waals surface area (Å²) in [5.74, 6) is -1.53. The van der Waals surface area contributed by atoms with Gasteiger partial charge in [0.2, 0.25) is 11.8 Å². The van der Waals surface area contributed by atoms with E-state index in [1.807, 2.05) is 13.8 Å². The molecule has 3 aliphatic rings. The summed E-state index contributed by atoms with van der Waals surface area (Å²) in [4.78, 5) is 37.6. The van der Waals surface area contributed by atoms with Crippen molar-refractivity contribution in [2.45, 2.75) is 80.1 Å². The van der Waals surface area contributed by atoms with E-state index in [0.29, 0.717) is 0 Å². The maximum atomic E-state index is 12.4. The lowest BCUT2D eigenvalue weighted by Crippen LogP contribution is -2.71. The second kappa shape index (κ2) is 5.91. The summed E-state index contributed by atoms with van der Waals surface area (Å²) in [6, 6.07) is -1.49. The summed E-state index contributed by atoms with van der Waals surface area (Å²) in [5, 5.41) is 11.9. The second-order valence-electron chi connectivity index (χ2n) is 7.74. The molecule has 0 aromatic heterocycles. The van der Waals surface area contributed by atoms with Crippen LogP contribution in [0.2, 0.25) is 0 Å². The van der Waals surface area contributed by atoms with Crippen molar-refractivity contribution >= 4 is 29.5 Å². The number of aliphatic carboxylic acids is 1. The molecule has 2 amide bonds. The molecule has 2 aliphatic heterocycles. The topological polar surface area (TPSA) is 113 Å². The van der Waals surface area contributed by atoms with E-state index < -0.39 is 28.3 Å². The summed E-state index contributed by atoms with van der Waals surface area (Å²) in [7, 11) is 0. The van der Waals surface area contributed by atoms with Gasteiger partial charge in [0, 0.05) is 16.7 Å². The van der Waals surface area contributed by atoms with Gasteiger partial charge in [0.05, 0.1) is 0 Å². The Hall–Kier alpha value is -1.28. The molecule has 1 aliphatic carbocycles. The lowest BCUT2D eigenvalue weighted by atomic mass is 9.80. The van der Waals surface area contributed by atoms with E-state index >= 15 is 0 Å². The molecule has 4 N–H and O–H groups in total. The molecule has 3 fully saturated rings. The lowest BCUT2D eigenvalue weighted by Gasteiger charge is -2.44. The first-order valence-corrected chi connectivity index (χ1v) is 9.34. The highest BCUT2D eigenvalue weighted by Gasteiger charge is 2.64. The highest BCUT2D eigenvalue weighted by Crippen LogP contribution is 2.50. The van der Waals surface area contributed by atoms with Gasteiger partial charge in [0.1, 0.15) is 17.5 Å². The zero-order valence-corrected chi connectivity index (χ0v) is 14.9. The number of nitrogens with two attached hydrogens (primary N) is 1. The highest BCUT2D eigenvalue weighted by molar-refractivity contribution is 8.01.